The molecule has 0 spiro atoms. The van der Waals surface area contributed by atoms with Crippen molar-refractivity contribution in [3.05, 3.63) is 132 Å². The van der Waals surface area contributed by atoms with E-state index in [2.05, 4.69) is 68.4 Å². The number of fused-ring (bicyclic) bond motifs is 4. The van der Waals surface area contributed by atoms with Gasteiger partial charge in [-0.15, -0.1) is 0 Å². The Bertz CT molecular complexity index is 1920. The first-order chi connectivity index (χ1) is 20.5. The summed E-state index contributed by atoms with van der Waals surface area (Å²) in [5.74, 6) is 3.04. The second-order valence-electron chi connectivity index (χ2n) is 11.6. The van der Waals surface area contributed by atoms with Crippen molar-refractivity contribution in [3.63, 3.8) is 0 Å². The van der Waals surface area contributed by atoms with Gasteiger partial charge in [0.25, 0.3) is 0 Å². The molecule has 1 aromatic heterocycles. The third kappa shape index (κ3) is 4.02. The van der Waals surface area contributed by atoms with E-state index in [4.69, 9.17) is 19.7 Å². The first kappa shape index (κ1) is 24.7. The molecular formula is C38H29N3O. The van der Waals surface area contributed by atoms with E-state index >= 15 is 0 Å². The molecule has 1 aliphatic heterocycles. The van der Waals surface area contributed by atoms with E-state index in [1.165, 1.54) is 33.4 Å². The number of hydrogen-bond donors (Lipinski definition) is 0. The molecule has 0 atom stereocenters. The van der Waals surface area contributed by atoms with Crippen molar-refractivity contribution >= 4 is 0 Å². The van der Waals surface area contributed by atoms with Crippen LogP contribution >= 0.6 is 0 Å². The minimum absolute atomic E-state index is 0.108. The maximum absolute atomic E-state index is 5.92. The van der Waals surface area contributed by atoms with Gasteiger partial charge in [-0.2, -0.15) is 0 Å². The van der Waals surface area contributed by atoms with Gasteiger partial charge < -0.3 is 4.74 Å². The molecule has 0 fully saturated rings. The van der Waals surface area contributed by atoms with Crippen LogP contribution in [0.1, 0.15) is 30.5 Å². The molecule has 8 rings (SSSR count). The molecule has 6 aromatic rings. The summed E-state index contributed by atoms with van der Waals surface area (Å²) >= 11 is 0. The van der Waals surface area contributed by atoms with Crippen molar-refractivity contribution in [2.24, 2.45) is 0 Å². The quantitative estimate of drug-likeness (QED) is 0.223. The molecule has 1 aliphatic carbocycles. The van der Waals surface area contributed by atoms with E-state index in [1.807, 2.05) is 60.7 Å². The van der Waals surface area contributed by atoms with Crippen molar-refractivity contribution in [2.75, 3.05) is 6.61 Å². The lowest BCUT2D eigenvalue weighted by Gasteiger charge is -2.22. The highest BCUT2D eigenvalue weighted by atomic mass is 16.5. The summed E-state index contributed by atoms with van der Waals surface area (Å²) in [7, 11) is 0. The normalized spacial score (nSPS) is 14.1. The molecule has 2 heterocycles. The Hall–Kier alpha value is -5.09. The van der Waals surface area contributed by atoms with E-state index in [9.17, 15) is 0 Å². The molecular weight excluding hydrogens is 514 g/mol. The molecule has 0 saturated carbocycles. The molecule has 0 N–H and O–H groups in total. The molecule has 202 valence electrons. The zero-order valence-electron chi connectivity index (χ0n) is 23.6. The third-order valence-corrected chi connectivity index (χ3v) is 8.64. The number of aromatic nitrogens is 3. The lowest BCUT2D eigenvalue weighted by Crippen LogP contribution is -2.15. The van der Waals surface area contributed by atoms with Gasteiger partial charge in [0.15, 0.2) is 17.5 Å². The summed E-state index contributed by atoms with van der Waals surface area (Å²) in [5, 5.41) is 0. The van der Waals surface area contributed by atoms with Gasteiger partial charge >= 0.3 is 0 Å². The second kappa shape index (κ2) is 9.49. The van der Waals surface area contributed by atoms with Crippen molar-refractivity contribution in [3.8, 4) is 62.2 Å². The first-order valence-corrected chi connectivity index (χ1v) is 14.5. The van der Waals surface area contributed by atoms with Crippen LogP contribution in [0.25, 0.3) is 56.4 Å². The molecule has 0 radical (unpaired) electrons. The van der Waals surface area contributed by atoms with E-state index < -0.39 is 0 Å². The average molecular weight is 544 g/mol. The summed E-state index contributed by atoms with van der Waals surface area (Å²) in [6.07, 6.45) is 0.984. The molecule has 0 unspecified atom stereocenters. The lowest BCUT2D eigenvalue weighted by atomic mass is 9.81. The largest absolute Gasteiger partial charge is 0.493 e. The summed E-state index contributed by atoms with van der Waals surface area (Å²) < 4.78 is 5.92. The highest BCUT2D eigenvalue weighted by Crippen LogP contribution is 2.52. The Kier molecular flexibility index (Phi) is 5.58. The number of hydrogen-bond acceptors (Lipinski definition) is 4. The SMILES string of the molecule is CC1(C)c2cc(-c3cccc(-c4nc(-c5ccccc5)nc(-c5ccccc5)n4)c3)ccc2-c2cc3c(cc21)OCC3. The van der Waals surface area contributed by atoms with E-state index in [0.29, 0.717) is 17.5 Å². The van der Waals surface area contributed by atoms with Crippen LogP contribution in [0.15, 0.2) is 115 Å². The smallest absolute Gasteiger partial charge is 0.164 e. The van der Waals surface area contributed by atoms with Gasteiger partial charge in [0.05, 0.1) is 6.61 Å². The summed E-state index contributed by atoms with van der Waals surface area (Å²) in [6.45, 7) is 5.42. The van der Waals surface area contributed by atoms with E-state index in [-0.39, 0.29) is 5.41 Å². The van der Waals surface area contributed by atoms with Gasteiger partial charge in [-0.3, -0.25) is 0 Å². The monoisotopic (exact) mass is 543 g/mol. The van der Waals surface area contributed by atoms with Crippen molar-refractivity contribution < 1.29 is 4.74 Å². The fourth-order valence-corrected chi connectivity index (χ4v) is 6.36. The van der Waals surface area contributed by atoms with Crippen molar-refractivity contribution in [1.82, 2.24) is 15.0 Å². The maximum atomic E-state index is 5.92. The first-order valence-electron chi connectivity index (χ1n) is 14.5. The van der Waals surface area contributed by atoms with Gasteiger partial charge in [-0.1, -0.05) is 105 Å². The summed E-state index contributed by atoms with van der Waals surface area (Å²) in [5.41, 5.74) is 11.8. The zero-order valence-corrected chi connectivity index (χ0v) is 23.6. The molecule has 5 aromatic carbocycles. The van der Waals surface area contributed by atoms with Crippen LogP contribution in [0.3, 0.4) is 0 Å². The molecule has 0 amide bonds. The summed E-state index contributed by atoms with van der Waals surface area (Å²) in [4.78, 5) is 14.7. The highest BCUT2D eigenvalue weighted by Gasteiger charge is 2.37. The van der Waals surface area contributed by atoms with Crippen molar-refractivity contribution in [1.29, 1.82) is 0 Å². The van der Waals surface area contributed by atoms with Crippen molar-refractivity contribution in [2.45, 2.75) is 25.7 Å². The van der Waals surface area contributed by atoms with Crippen LogP contribution in [0.2, 0.25) is 0 Å². The maximum Gasteiger partial charge on any atom is 0.164 e. The van der Waals surface area contributed by atoms with Gasteiger partial charge in [0.2, 0.25) is 0 Å². The van der Waals surface area contributed by atoms with Gasteiger partial charge in [0, 0.05) is 28.5 Å². The predicted octanol–water partition coefficient (Wildman–Crippen LogP) is 8.78. The Morgan fingerprint density at radius 2 is 1.10 bits per heavy atom. The fourth-order valence-electron chi connectivity index (χ4n) is 6.36. The third-order valence-electron chi connectivity index (χ3n) is 8.64. The predicted molar refractivity (Wildman–Crippen MR) is 168 cm³/mol. The van der Waals surface area contributed by atoms with E-state index in [0.717, 1.165) is 41.0 Å². The molecule has 42 heavy (non-hydrogen) atoms. The van der Waals surface area contributed by atoms with Crippen LogP contribution in [-0.4, -0.2) is 21.6 Å². The second-order valence-corrected chi connectivity index (χ2v) is 11.6. The lowest BCUT2D eigenvalue weighted by molar-refractivity contribution is 0.356. The molecule has 0 bridgehead atoms. The van der Waals surface area contributed by atoms with Gasteiger partial charge in [-0.05, 0) is 63.2 Å². The minimum atomic E-state index is -0.108. The van der Waals surface area contributed by atoms with Crippen LogP contribution in [0.4, 0.5) is 0 Å². The Balaban J connectivity index is 1.22. The topological polar surface area (TPSA) is 47.9 Å². The highest BCUT2D eigenvalue weighted by molar-refractivity contribution is 5.85. The standard InChI is InChI=1S/C38H29N3O/c1-38(2)32-22-27(16-17-30(32)31-21-28-18-19-42-34(28)23-33(31)38)26-14-9-15-29(20-26)37-40-35(24-10-5-3-6-11-24)39-36(41-37)25-12-7-4-8-13-25/h3-17,20-23H,18-19H2,1-2H3. The molecule has 4 nitrogen and oxygen atoms in total. The minimum Gasteiger partial charge on any atom is -0.493 e. The number of nitrogens with zero attached hydrogens (tertiary/aromatic N) is 3. The van der Waals surface area contributed by atoms with E-state index in [1.54, 1.807) is 0 Å². The average Bonchev–Trinajstić information content (AvgIpc) is 3.60. The van der Waals surface area contributed by atoms with Gasteiger partial charge in [-0.25, -0.2) is 15.0 Å². The molecule has 4 heteroatoms. The van der Waals surface area contributed by atoms with Crippen LogP contribution in [-0.2, 0) is 11.8 Å². The van der Waals surface area contributed by atoms with Crippen LogP contribution in [0.5, 0.6) is 5.75 Å². The Morgan fingerprint density at radius 3 is 1.79 bits per heavy atom. The summed E-state index contributed by atoms with van der Waals surface area (Å²) in [6, 6.07) is 40.2. The van der Waals surface area contributed by atoms with Crippen LogP contribution in [0, 0.1) is 0 Å². The molecule has 0 saturated heterocycles. The zero-order chi connectivity index (χ0) is 28.3. The van der Waals surface area contributed by atoms with Gasteiger partial charge in [0.1, 0.15) is 5.75 Å². The van der Waals surface area contributed by atoms with Crippen LogP contribution < -0.4 is 4.74 Å². The molecule has 2 aliphatic rings. The number of benzene rings is 5. The number of rotatable bonds is 4. The number of ether oxygens (including phenoxy) is 1. The Labute approximate surface area is 245 Å². The Morgan fingerprint density at radius 1 is 0.524 bits per heavy atom. The fraction of sp³-hybridized carbons (Fsp3) is 0.132.